The molecule has 3 nitrogen and oxygen atoms in total. The summed E-state index contributed by atoms with van der Waals surface area (Å²) in [6.45, 7) is -0.866. The molecule has 7 heteroatoms. The maximum absolute atomic E-state index is 12.0. The Kier molecular flexibility index (Phi) is 4.14. The van der Waals surface area contributed by atoms with E-state index in [1.54, 1.807) is 6.07 Å². The lowest BCUT2D eigenvalue weighted by molar-refractivity contribution is -0.194. The number of nitrogens with one attached hydrogen (secondary N) is 1. The lowest BCUT2D eigenvalue weighted by Crippen LogP contribution is -2.31. The molecular weight excluding hydrogens is 315 g/mol. The standard InChI is InChI=1S/C11H11BrF3NO2/c12-7-1-2-10-8(5-7)9(3-4-17-10)16-18-6-11(13,14)15/h1-2,5,9,16H,3-4,6H2. The predicted octanol–water partition coefficient (Wildman–Crippen LogP) is 3.36. The maximum atomic E-state index is 12.0. The third-order valence-corrected chi connectivity index (χ3v) is 2.97. The smallest absolute Gasteiger partial charge is 0.413 e. The van der Waals surface area contributed by atoms with E-state index in [2.05, 4.69) is 26.2 Å². The number of alkyl halides is 3. The van der Waals surface area contributed by atoms with Gasteiger partial charge in [0, 0.05) is 16.5 Å². The Bertz CT molecular complexity index is 425. The summed E-state index contributed by atoms with van der Waals surface area (Å²) >= 11 is 3.31. The van der Waals surface area contributed by atoms with E-state index < -0.39 is 12.8 Å². The second-order valence-electron chi connectivity index (χ2n) is 3.89. The highest BCUT2D eigenvalue weighted by molar-refractivity contribution is 9.10. The molecular formula is C11H11BrF3NO2. The van der Waals surface area contributed by atoms with Crippen molar-refractivity contribution in [1.82, 2.24) is 5.48 Å². The molecule has 0 saturated heterocycles. The topological polar surface area (TPSA) is 30.5 Å². The first-order chi connectivity index (χ1) is 8.46. The minimum absolute atomic E-state index is 0.298. The van der Waals surface area contributed by atoms with Crippen molar-refractivity contribution < 1.29 is 22.7 Å². The molecule has 2 rings (SSSR count). The summed E-state index contributed by atoms with van der Waals surface area (Å²) in [5, 5.41) is 0. The Morgan fingerprint density at radius 3 is 2.94 bits per heavy atom. The quantitative estimate of drug-likeness (QED) is 0.864. The minimum Gasteiger partial charge on any atom is -0.493 e. The van der Waals surface area contributed by atoms with Gasteiger partial charge in [-0.3, -0.25) is 4.84 Å². The predicted molar refractivity (Wildman–Crippen MR) is 62.1 cm³/mol. The number of hydroxylamine groups is 1. The molecule has 0 fully saturated rings. The molecule has 0 saturated carbocycles. The van der Waals surface area contributed by atoms with Crippen LogP contribution in [-0.2, 0) is 4.84 Å². The monoisotopic (exact) mass is 325 g/mol. The Labute approximate surface area is 110 Å². The zero-order chi connectivity index (χ0) is 13.2. The number of rotatable bonds is 3. The third kappa shape index (κ3) is 3.60. The molecule has 1 atom stereocenters. The van der Waals surface area contributed by atoms with Crippen molar-refractivity contribution in [2.75, 3.05) is 13.2 Å². The lowest BCUT2D eigenvalue weighted by Gasteiger charge is -2.26. The van der Waals surface area contributed by atoms with Crippen molar-refractivity contribution in [2.45, 2.75) is 18.6 Å². The molecule has 1 aliphatic heterocycles. The average Bonchev–Trinajstić information content (AvgIpc) is 2.28. The third-order valence-electron chi connectivity index (χ3n) is 2.47. The molecule has 1 aliphatic rings. The normalized spacial score (nSPS) is 19.2. The number of halogens is 4. The highest BCUT2D eigenvalue weighted by atomic mass is 79.9. The lowest BCUT2D eigenvalue weighted by atomic mass is 10.0. The zero-order valence-corrected chi connectivity index (χ0v) is 10.8. The van der Waals surface area contributed by atoms with Gasteiger partial charge in [-0.25, -0.2) is 0 Å². The number of benzene rings is 1. The Morgan fingerprint density at radius 1 is 1.44 bits per heavy atom. The number of hydrogen-bond donors (Lipinski definition) is 1. The van der Waals surface area contributed by atoms with E-state index in [1.165, 1.54) is 0 Å². The van der Waals surface area contributed by atoms with Gasteiger partial charge in [0.2, 0.25) is 0 Å². The second kappa shape index (κ2) is 5.46. The first-order valence-corrected chi connectivity index (χ1v) is 6.11. The van der Waals surface area contributed by atoms with E-state index in [0.29, 0.717) is 18.8 Å². The summed E-state index contributed by atoms with van der Waals surface area (Å²) in [4.78, 5) is 4.49. The van der Waals surface area contributed by atoms with Crippen LogP contribution >= 0.6 is 15.9 Å². The van der Waals surface area contributed by atoms with E-state index in [4.69, 9.17) is 4.74 Å². The molecule has 1 N–H and O–H groups in total. The van der Waals surface area contributed by atoms with Crippen LogP contribution in [0, 0.1) is 0 Å². The molecule has 1 heterocycles. The molecule has 100 valence electrons. The van der Waals surface area contributed by atoms with Gasteiger partial charge in [0.25, 0.3) is 0 Å². The number of ether oxygens (including phenoxy) is 1. The molecule has 0 aromatic heterocycles. The zero-order valence-electron chi connectivity index (χ0n) is 9.26. The fourth-order valence-electron chi connectivity index (χ4n) is 1.71. The molecule has 0 aliphatic carbocycles. The van der Waals surface area contributed by atoms with Crippen LogP contribution in [0.2, 0.25) is 0 Å². The second-order valence-corrected chi connectivity index (χ2v) is 4.81. The van der Waals surface area contributed by atoms with Gasteiger partial charge in [-0.1, -0.05) is 15.9 Å². The van der Waals surface area contributed by atoms with Crippen molar-refractivity contribution in [2.24, 2.45) is 0 Å². The first kappa shape index (κ1) is 13.6. The van der Waals surface area contributed by atoms with Crippen LogP contribution in [0.5, 0.6) is 5.75 Å². The van der Waals surface area contributed by atoms with E-state index >= 15 is 0 Å². The van der Waals surface area contributed by atoms with Crippen LogP contribution in [0.3, 0.4) is 0 Å². The molecule has 0 bridgehead atoms. The summed E-state index contributed by atoms with van der Waals surface area (Å²) < 4.78 is 42.2. The summed E-state index contributed by atoms with van der Waals surface area (Å²) in [6.07, 6.45) is -3.78. The number of fused-ring (bicyclic) bond motifs is 1. The van der Waals surface area contributed by atoms with Crippen LogP contribution in [0.4, 0.5) is 13.2 Å². The summed E-state index contributed by atoms with van der Waals surface area (Å²) in [5.41, 5.74) is 3.23. The van der Waals surface area contributed by atoms with Crippen LogP contribution in [0.25, 0.3) is 0 Å². The fraction of sp³-hybridized carbons (Fsp3) is 0.455. The van der Waals surface area contributed by atoms with Gasteiger partial charge < -0.3 is 4.74 Å². The highest BCUT2D eigenvalue weighted by Crippen LogP contribution is 2.34. The van der Waals surface area contributed by atoms with Gasteiger partial charge in [0.15, 0.2) is 6.61 Å². The van der Waals surface area contributed by atoms with Gasteiger partial charge in [-0.15, -0.1) is 0 Å². The minimum atomic E-state index is -4.34. The van der Waals surface area contributed by atoms with Crippen LogP contribution < -0.4 is 10.2 Å². The van der Waals surface area contributed by atoms with E-state index in [9.17, 15) is 13.2 Å². The maximum Gasteiger partial charge on any atom is 0.413 e. The molecule has 0 amide bonds. The van der Waals surface area contributed by atoms with Crippen LogP contribution in [-0.4, -0.2) is 19.4 Å². The van der Waals surface area contributed by atoms with E-state index in [-0.39, 0.29) is 6.04 Å². The van der Waals surface area contributed by atoms with Gasteiger partial charge in [0.1, 0.15) is 5.75 Å². The molecule has 1 unspecified atom stereocenters. The van der Waals surface area contributed by atoms with E-state index in [0.717, 1.165) is 10.0 Å². The molecule has 1 aromatic rings. The Balaban J connectivity index is 2.01. The van der Waals surface area contributed by atoms with Crippen molar-refractivity contribution in [3.63, 3.8) is 0 Å². The molecule has 0 spiro atoms. The van der Waals surface area contributed by atoms with Crippen molar-refractivity contribution in [1.29, 1.82) is 0 Å². The molecule has 1 aromatic carbocycles. The SMILES string of the molecule is FC(F)(F)CONC1CCOc2ccc(Br)cc21. The van der Waals surface area contributed by atoms with Gasteiger partial charge in [0.05, 0.1) is 12.6 Å². The molecule has 18 heavy (non-hydrogen) atoms. The summed E-state index contributed by atoms with van der Waals surface area (Å²) in [6, 6.07) is 5.10. The average molecular weight is 326 g/mol. The molecule has 0 radical (unpaired) electrons. The Hall–Kier alpha value is -0.790. The number of hydrogen-bond acceptors (Lipinski definition) is 3. The van der Waals surface area contributed by atoms with Gasteiger partial charge in [-0.05, 0) is 18.2 Å². The van der Waals surface area contributed by atoms with E-state index in [1.807, 2.05) is 12.1 Å². The van der Waals surface area contributed by atoms with Gasteiger partial charge >= 0.3 is 6.18 Å². The largest absolute Gasteiger partial charge is 0.493 e. The van der Waals surface area contributed by atoms with Crippen molar-refractivity contribution >= 4 is 15.9 Å². The van der Waals surface area contributed by atoms with Gasteiger partial charge in [-0.2, -0.15) is 18.7 Å². The summed E-state index contributed by atoms with van der Waals surface area (Å²) in [7, 11) is 0. The highest BCUT2D eigenvalue weighted by Gasteiger charge is 2.29. The first-order valence-electron chi connectivity index (χ1n) is 5.32. The van der Waals surface area contributed by atoms with Crippen LogP contribution in [0.1, 0.15) is 18.0 Å². The Morgan fingerprint density at radius 2 is 2.22 bits per heavy atom. The van der Waals surface area contributed by atoms with Crippen LogP contribution in [0.15, 0.2) is 22.7 Å². The van der Waals surface area contributed by atoms with Crippen molar-refractivity contribution in [3.8, 4) is 5.75 Å². The summed E-state index contributed by atoms with van der Waals surface area (Å²) in [5.74, 6) is 0.664. The fourth-order valence-corrected chi connectivity index (χ4v) is 2.09. The van der Waals surface area contributed by atoms with Crippen molar-refractivity contribution in [3.05, 3.63) is 28.2 Å².